The second kappa shape index (κ2) is 10.3. The maximum absolute atomic E-state index is 6.07. The molecule has 3 rings (SSSR count). The van der Waals surface area contributed by atoms with Crippen LogP contribution in [0, 0.1) is 0 Å². The Bertz CT molecular complexity index is 845. The van der Waals surface area contributed by atoms with E-state index in [0.29, 0.717) is 17.5 Å². The average molecular weight is 496 g/mol. The third-order valence-corrected chi connectivity index (χ3v) is 4.42. The molecule has 0 aliphatic rings. The predicted molar refractivity (Wildman–Crippen MR) is 123 cm³/mol. The van der Waals surface area contributed by atoms with E-state index >= 15 is 0 Å². The molecule has 0 aliphatic heterocycles. The minimum Gasteiger partial charge on any atom is -0.370 e. The lowest BCUT2D eigenvalue weighted by molar-refractivity contribution is 0.533. The summed E-state index contributed by atoms with van der Waals surface area (Å²) in [4.78, 5) is 4.51. The smallest absolute Gasteiger partial charge is 0.193 e. The van der Waals surface area contributed by atoms with Gasteiger partial charge in [0.2, 0.25) is 0 Å². The van der Waals surface area contributed by atoms with Crippen molar-refractivity contribution in [2.75, 3.05) is 11.9 Å². The minimum atomic E-state index is -0.0508. The number of aryl methyl sites for hydroxylation is 1. The van der Waals surface area contributed by atoms with Crippen LogP contribution in [0.25, 0.3) is 0 Å². The van der Waals surface area contributed by atoms with Gasteiger partial charge in [0, 0.05) is 23.1 Å². The van der Waals surface area contributed by atoms with Crippen LogP contribution in [0.1, 0.15) is 24.1 Å². The standard InChI is InChI=1S/C20H22ClN5.HI/c1-2-15-4-10-18(11-5-15)25-20(22)23-14-19(26-13-3-12-24-26)16-6-8-17(21)9-7-16;/h3-13,19H,2,14H2,1H3,(H3,22,23,25);1H. The van der Waals surface area contributed by atoms with E-state index in [1.807, 2.05) is 53.3 Å². The van der Waals surface area contributed by atoms with Gasteiger partial charge in [0.25, 0.3) is 0 Å². The first-order valence-corrected chi connectivity index (χ1v) is 8.94. The molecule has 0 fully saturated rings. The number of anilines is 1. The summed E-state index contributed by atoms with van der Waals surface area (Å²) in [6, 6.07) is 17.7. The van der Waals surface area contributed by atoms with Gasteiger partial charge in [-0.2, -0.15) is 5.10 Å². The molecular formula is C20H23ClIN5. The number of hydrogen-bond acceptors (Lipinski definition) is 2. The Kier molecular flexibility index (Phi) is 8.12. The molecule has 0 amide bonds. The van der Waals surface area contributed by atoms with E-state index in [2.05, 4.69) is 34.5 Å². The minimum absolute atomic E-state index is 0. The molecule has 0 saturated carbocycles. The fraction of sp³-hybridized carbons (Fsp3) is 0.200. The van der Waals surface area contributed by atoms with Crippen molar-refractivity contribution in [3.8, 4) is 0 Å². The fourth-order valence-corrected chi connectivity index (χ4v) is 2.81. The molecule has 1 atom stereocenters. The van der Waals surface area contributed by atoms with Crippen molar-refractivity contribution in [2.45, 2.75) is 19.4 Å². The molecule has 0 saturated heterocycles. The van der Waals surface area contributed by atoms with Crippen molar-refractivity contribution < 1.29 is 0 Å². The number of halogens is 2. The van der Waals surface area contributed by atoms with Gasteiger partial charge in [-0.1, -0.05) is 42.8 Å². The molecule has 0 spiro atoms. The highest BCUT2D eigenvalue weighted by Crippen LogP contribution is 2.20. The molecule has 3 N–H and O–H groups in total. The summed E-state index contributed by atoms with van der Waals surface area (Å²) in [5.41, 5.74) is 9.35. The molecule has 0 aliphatic carbocycles. The van der Waals surface area contributed by atoms with Crippen LogP contribution in [0.4, 0.5) is 5.69 Å². The summed E-state index contributed by atoms with van der Waals surface area (Å²) in [5.74, 6) is 0.375. The van der Waals surface area contributed by atoms with Crippen LogP contribution >= 0.6 is 35.6 Å². The zero-order valence-corrected chi connectivity index (χ0v) is 18.1. The van der Waals surface area contributed by atoms with Gasteiger partial charge in [-0.3, -0.25) is 9.67 Å². The summed E-state index contributed by atoms with van der Waals surface area (Å²) in [6.07, 6.45) is 4.68. The number of guanidine groups is 1. The van der Waals surface area contributed by atoms with Crippen molar-refractivity contribution in [3.63, 3.8) is 0 Å². The van der Waals surface area contributed by atoms with Crippen LogP contribution in [-0.4, -0.2) is 22.3 Å². The Morgan fingerprint density at radius 1 is 1.19 bits per heavy atom. The van der Waals surface area contributed by atoms with Crippen LogP contribution in [0.15, 0.2) is 72.0 Å². The van der Waals surface area contributed by atoms with Gasteiger partial charge in [0.15, 0.2) is 5.96 Å². The summed E-state index contributed by atoms with van der Waals surface area (Å²) < 4.78 is 1.87. The first-order valence-electron chi connectivity index (χ1n) is 8.56. The fourth-order valence-electron chi connectivity index (χ4n) is 2.69. The Hall–Kier alpha value is -2.06. The third-order valence-electron chi connectivity index (χ3n) is 4.17. The van der Waals surface area contributed by atoms with E-state index in [-0.39, 0.29) is 30.0 Å². The maximum Gasteiger partial charge on any atom is 0.193 e. The highest BCUT2D eigenvalue weighted by atomic mass is 127. The Morgan fingerprint density at radius 3 is 2.48 bits per heavy atom. The van der Waals surface area contributed by atoms with Gasteiger partial charge in [0.05, 0.1) is 12.6 Å². The van der Waals surface area contributed by atoms with Crippen molar-refractivity contribution >= 4 is 47.2 Å². The van der Waals surface area contributed by atoms with Crippen LogP contribution < -0.4 is 11.1 Å². The van der Waals surface area contributed by atoms with Gasteiger partial charge in [-0.25, -0.2) is 0 Å². The monoisotopic (exact) mass is 495 g/mol. The van der Waals surface area contributed by atoms with E-state index in [0.717, 1.165) is 17.7 Å². The van der Waals surface area contributed by atoms with Crippen LogP contribution in [0.2, 0.25) is 5.02 Å². The quantitative estimate of drug-likeness (QED) is 0.295. The maximum atomic E-state index is 6.07. The number of nitrogens with one attached hydrogen (secondary N) is 1. The number of rotatable bonds is 6. The number of benzene rings is 2. The summed E-state index contributed by atoms with van der Waals surface area (Å²) >= 11 is 6.00. The lowest BCUT2D eigenvalue weighted by atomic mass is 10.1. The van der Waals surface area contributed by atoms with Crippen molar-refractivity contribution in [2.24, 2.45) is 10.7 Å². The molecule has 142 valence electrons. The summed E-state index contributed by atoms with van der Waals surface area (Å²) in [7, 11) is 0. The number of hydrogen-bond donors (Lipinski definition) is 2. The zero-order valence-electron chi connectivity index (χ0n) is 15.0. The SMILES string of the molecule is CCc1ccc(NC(N)=NCC(c2ccc(Cl)cc2)n2cccn2)cc1.I. The molecular weight excluding hydrogens is 473 g/mol. The molecule has 5 nitrogen and oxygen atoms in total. The van der Waals surface area contributed by atoms with Crippen LogP contribution in [0.3, 0.4) is 0 Å². The topological polar surface area (TPSA) is 68.2 Å². The van der Waals surface area contributed by atoms with Crippen molar-refractivity contribution in [1.82, 2.24) is 9.78 Å². The predicted octanol–water partition coefficient (Wildman–Crippen LogP) is 4.73. The highest BCUT2D eigenvalue weighted by molar-refractivity contribution is 14.0. The first-order chi connectivity index (χ1) is 12.7. The number of nitrogens with two attached hydrogens (primary N) is 1. The van der Waals surface area contributed by atoms with E-state index in [4.69, 9.17) is 17.3 Å². The lowest BCUT2D eigenvalue weighted by Crippen LogP contribution is -2.25. The van der Waals surface area contributed by atoms with E-state index in [1.165, 1.54) is 5.56 Å². The molecule has 1 unspecified atom stereocenters. The Labute approximate surface area is 181 Å². The van der Waals surface area contributed by atoms with Crippen molar-refractivity contribution in [3.05, 3.63) is 83.1 Å². The third kappa shape index (κ3) is 5.97. The molecule has 1 heterocycles. The van der Waals surface area contributed by atoms with Crippen LogP contribution in [0.5, 0.6) is 0 Å². The van der Waals surface area contributed by atoms with E-state index in [9.17, 15) is 0 Å². The van der Waals surface area contributed by atoms with Crippen LogP contribution in [-0.2, 0) is 6.42 Å². The van der Waals surface area contributed by atoms with Crippen molar-refractivity contribution in [1.29, 1.82) is 0 Å². The second-order valence-electron chi connectivity index (χ2n) is 5.95. The first kappa shape index (κ1) is 21.2. The highest BCUT2D eigenvalue weighted by Gasteiger charge is 2.14. The Balaban J connectivity index is 0.00000261. The normalized spacial score (nSPS) is 12.3. The summed E-state index contributed by atoms with van der Waals surface area (Å²) in [6.45, 7) is 2.60. The van der Waals surface area contributed by atoms with Gasteiger partial charge in [-0.05, 0) is 47.9 Å². The molecule has 0 bridgehead atoms. The zero-order chi connectivity index (χ0) is 18.4. The van der Waals surface area contributed by atoms with Gasteiger partial charge in [0.1, 0.15) is 0 Å². The number of aromatic nitrogens is 2. The second-order valence-corrected chi connectivity index (χ2v) is 6.39. The molecule has 1 aromatic heterocycles. The molecule has 2 aromatic carbocycles. The largest absolute Gasteiger partial charge is 0.370 e. The average Bonchev–Trinajstić information content (AvgIpc) is 3.18. The van der Waals surface area contributed by atoms with Gasteiger partial charge < -0.3 is 11.1 Å². The van der Waals surface area contributed by atoms with Gasteiger partial charge >= 0.3 is 0 Å². The molecule has 0 radical (unpaired) electrons. The Morgan fingerprint density at radius 2 is 1.89 bits per heavy atom. The molecule has 3 aromatic rings. The lowest BCUT2D eigenvalue weighted by Gasteiger charge is -2.17. The number of aliphatic imine (C=N–C) groups is 1. The molecule has 27 heavy (non-hydrogen) atoms. The molecule has 7 heteroatoms. The number of nitrogens with zero attached hydrogens (tertiary/aromatic N) is 3. The van der Waals surface area contributed by atoms with E-state index < -0.39 is 0 Å². The van der Waals surface area contributed by atoms with Gasteiger partial charge in [-0.15, -0.1) is 24.0 Å². The summed E-state index contributed by atoms with van der Waals surface area (Å²) in [5, 5.41) is 8.18. The van der Waals surface area contributed by atoms with E-state index in [1.54, 1.807) is 6.20 Å².